The van der Waals surface area contributed by atoms with E-state index < -0.39 is 23.9 Å². The van der Waals surface area contributed by atoms with E-state index in [1.807, 2.05) is 0 Å². The van der Waals surface area contributed by atoms with Gasteiger partial charge >= 0.3 is 11.9 Å². The highest BCUT2D eigenvalue weighted by Crippen LogP contribution is 2.12. The number of hydrogen-bond acceptors (Lipinski definition) is 10. The maximum atomic E-state index is 12.0. The quantitative estimate of drug-likeness (QED) is 0.0566. The summed E-state index contributed by atoms with van der Waals surface area (Å²) < 4.78 is 21.4. The van der Waals surface area contributed by atoms with Crippen molar-refractivity contribution in [3.8, 4) is 0 Å². The van der Waals surface area contributed by atoms with E-state index >= 15 is 0 Å². The molecule has 0 aromatic carbocycles. The van der Waals surface area contributed by atoms with Crippen LogP contribution in [0.2, 0.25) is 0 Å². The van der Waals surface area contributed by atoms with Crippen LogP contribution < -0.4 is 16.0 Å². The third-order valence-corrected chi connectivity index (χ3v) is 7.99. The molecule has 0 radical (unpaired) electrons. The molecule has 0 aromatic rings. The molecule has 0 bridgehead atoms. The predicted octanol–water partition coefficient (Wildman–Crippen LogP) is 3.94. The van der Waals surface area contributed by atoms with Crippen LogP contribution in [0.15, 0.2) is 0 Å². The number of hydrogen-bond donors (Lipinski definition) is 5. The minimum atomic E-state index is -1.22. The van der Waals surface area contributed by atoms with E-state index in [-0.39, 0.29) is 69.9 Å². The van der Waals surface area contributed by atoms with Crippen molar-refractivity contribution < 1.29 is 57.9 Å². The number of ether oxygens (including phenoxy) is 4. The molecule has 0 saturated carbocycles. The van der Waals surface area contributed by atoms with E-state index in [1.165, 1.54) is 19.3 Å². The van der Waals surface area contributed by atoms with Crippen molar-refractivity contribution >= 4 is 35.4 Å². The van der Waals surface area contributed by atoms with E-state index in [0.717, 1.165) is 64.2 Å². The number of carbonyl (C=O) groups is 6. The average Bonchev–Trinajstić information content (AvgIpc) is 3.10. The Labute approximate surface area is 310 Å². The van der Waals surface area contributed by atoms with Crippen molar-refractivity contribution in [1.29, 1.82) is 0 Å². The lowest BCUT2D eigenvalue weighted by Crippen LogP contribution is -2.43. The van der Waals surface area contributed by atoms with Gasteiger partial charge in [-0.1, -0.05) is 71.1 Å². The Morgan fingerprint density at radius 1 is 0.500 bits per heavy atom. The second-order valence-corrected chi connectivity index (χ2v) is 12.8. The van der Waals surface area contributed by atoms with Gasteiger partial charge in [-0.3, -0.25) is 24.0 Å². The highest BCUT2D eigenvalue weighted by molar-refractivity contribution is 5.85. The van der Waals surface area contributed by atoms with Gasteiger partial charge in [0.05, 0.1) is 33.0 Å². The molecule has 0 aliphatic carbocycles. The first-order chi connectivity index (χ1) is 25.1. The standard InChI is InChI=1S/C37H67N3O12/c1-2-3-14-21-38-34(43)20-19-32(37(47)48)40-35(44)30-52-28-25-49-23-15-16-31(41)29-51-27-26-50-24-22-39-33(42)17-12-10-8-6-4-5-7-9-11-13-18-36(45)46/h32H,2-30H2,1H3,(H,38,43)(H,39,42)(H,40,44)(H,45,46)(H,47,48)/t32-/m0/s1. The van der Waals surface area contributed by atoms with Gasteiger partial charge in [-0.25, -0.2) is 4.79 Å². The summed E-state index contributed by atoms with van der Waals surface area (Å²) in [6.07, 6.45) is 15.0. The van der Waals surface area contributed by atoms with E-state index in [4.69, 9.17) is 24.1 Å². The molecule has 0 fully saturated rings. The minimum absolute atomic E-state index is 0.00437. The van der Waals surface area contributed by atoms with Crippen LogP contribution in [0.5, 0.6) is 0 Å². The fourth-order valence-corrected chi connectivity index (χ4v) is 5.02. The van der Waals surface area contributed by atoms with Gasteiger partial charge in [0.2, 0.25) is 17.7 Å². The van der Waals surface area contributed by atoms with E-state index in [2.05, 4.69) is 22.9 Å². The second kappa shape index (κ2) is 36.2. The molecule has 302 valence electrons. The van der Waals surface area contributed by atoms with Crippen molar-refractivity contribution in [3.05, 3.63) is 0 Å². The molecule has 5 N–H and O–H groups in total. The highest BCUT2D eigenvalue weighted by atomic mass is 16.5. The summed E-state index contributed by atoms with van der Waals surface area (Å²) in [4.78, 5) is 69.7. The number of Topliss-reactive ketones (excluding diaryl/α,β-unsaturated/α-hetero) is 1. The summed E-state index contributed by atoms with van der Waals surface area (Å²) in [5.74, 6) is -2.83. The highest BCUT2D eigenvalue weighted by Gasteiger charge is 2.21. The number of rotatable bonds is 39. The molecule has 0 aliphatic heterocycles. The second-order valence-electron chi connectivity index (χ2n) is 12.8. The van der Waals surface area contributed by atoms with Crippen molar-refractivity contribution in [2.45, 2.75) is 135 Å². The van der Waals surface area contributed by atoms with Crippen LogP contribution in [-0.4, -0.2) is 118 Å². The maximum Gasteiger partial charge on any atom is 0.326 e. The number of unbranched alkanes of at least 4 members (excludes halogenated alkanes) is 11. The summed E-state index contributed by atoms with van der Waals surface area (Å²) in [6, 6.07) is -1.18. The molecular formula is C37H67N3O12. The molecule has 15 nitrogen and oxygen atoms in total. The molecule has 0 heterocycles. The van der Waals surface area contributed by atoms with Crippen LogP contribution in [0.25, 0.3) is 0 Å². The lowest BCUT2D eigenvalue weighted by Gasteiger charge is -2.14. The monoisotopic (exact) mass is 745 g/mol. The summed E-state index contributed by atoms with van der Waals surface area (Å²) >= 11 is 0. The van der Waals surface area contributed by atoms with Gasteiger partial charge in [0.1, 0.15) is 19.3 Å². The van der Waals surface area contributed by atoms with Crippen LogP contribution in [0.4, 0.5) is 0 Å². The molecule has 0 saturated heterocycles. The third kappa shape index (κ3) is 35.3. The predicted molar refractivity (Wildman–Crippen MR) is 195 cm³/mol. The van der Waals surface area contributed by atoms with Gasteiger partial charge in [-0.2, -0.15) is 0 Å². The first-order valence-corrected chi connectivity index (χ1v) is 19.3. The summed E-state index contributed by atoms with van der Waals surface area (Å²) in [5.41, 5.74) is 0. The van der Waals surface area contributed by atoms with Crippen LogP contribution in [0.1, 0.15) is 129 Å². The maximum absolute atomic E-state index is 12.0. The van der Waals surface area contributed by atoms with Crippen LogP contribution in [0, 0.1) is 0 Å². The van der Waals surface area contributed by atoms with Gasteiger partial charge < -0.3 is 45.1 Å². The Balaban J connectivity index is 3.55. The molecule has 0 rings (SSSR count). The Morgan fingerprint density at radius 2 is 1.04 bits per heavy atom. The molecule has 3 amide bonds. The number of ketones is 1. The molecule has 0 unspecified atom stereocenters. The number of carbonyl (C=O) groups excluding carboxylic acids is 4. The Bertz CT molecular complexity index is 966. The summed E-state index contributed by atoms with van der Waals surface area (Å²) in [7, 11) is 0. The lowest BCUT2D eigenvalue weighted by molar-refractivity contribution is -0.143. The Kier molecular flexibility index (Phi) is 34.0. The van der Waals surface area contributed by atoms with Crippen molar-refractivity contribution in [2.24, 2.45) is 0 Å². The zero-order valence-electron chi connectivity index (χ0n) is 31.6. The van der Waals surface area contributed by atoms with E-state index in [9.17, 15) is 33.9 Å². The first kappa shape index (κ1) is 48.9. The topological polar surface area (TPSA) is 216 Å². The molecule has 0 aromatic heterocycles. The molecule has 0 spiro atoms. The number of amides is 3. The van der Waals surface area contributed by atoms with Crippen LogP contribution >= 0.6 is 0 Å². The normalized spacial score (nSPS) is 11.6. The zero-order valence-corrected chi connectivity index (χ0v) is 31.6. The summed E-state index contributed by atoms with van der Waals surface area (Å²) in [5, 5.41) is 25.9. The number of carboxylic acid groups (broad SMARTS) is 2. The largest absolute Gasteiger partial charge is 0.481 e. The molecule has 15 heteroatoms. The zero-order chi connectivity index (χ0) is 38.5. The number of carboxylic acids is 2. The lowest BCUT2D eigenvalue weighted by atomic mass is 10.1. The fraction of sp³-hybridized carbons (Fsp3) is 0.838. The number of aliphatic carboxylic acids is 2. The minimum Gasteiger partial charge on any atom is -0.481 e. The smallest absolute Gasteiger partial charge is 0.326 e. The Hall–Kier alpha value is -3.14. The third-order valence-electron chi connectivity index (χ3n) is 7.99. The SMILES string of the molecule is CCCCCNC(=O)CC[C@H](NC(=O)COCCOCCCC(=O)COCCOCCNC(=O)CCCCCCCCCCCCC(=O)O)C(=O)O. The number of nitrogens with one attached hydrogen (secondary N) is 3. The molecular weight excluding hydrogens is 678 g/mol. The van der Waals surface area contributed by atoms with Crippen LogP contribution in [0.3, 0.4) is 0 Å². The molecule has 52 heavy (non-hydrogen) atoms. The van der Waals surface area contributed by atoms with Crippen LogP contribution in [-0.2, 0) is 47.7 Å². The van der Waals surface area contributed by atoms with Crippen molar-refractivity contribution in [2.75, 3.05) is 65.9 Å². The molecule has 1 atom stereocenters. The van der Waals surface area contributed by atoms with Gasteiger partial charge in [0.15, 0.2) is 5.78 Å². The van der Waals surface area contributed by atoms with E-state index in [1.54, 1.807) is 0 Å². The summed E-state index contributed by atoms with van der Waals surface area (Å²) in [6.45, 7) is 4.29. The van der Waals surface area contributed by atoms with Gasteiger partial charge in [0, 0.05) is 45.4 Å². The van der Waals surface area contributed by atoms with Gasteiger partial charge in [-0.15, -0.1) is 0 Å². The van der Waals surface area contributed by atoms with E-state index in [0.29, 0.717) is 52.2 Å². The van der Waals surface area contributed by atoms with Crippen molar-refractivity contribution in [1.82, 2.24) is 16.0 Å². The Morgan fingerprint density at radius 3 is 1.65 bits per heavy atom. The molecule has 0 aliphatic rings. The average molecular weight is 746 g/mol. The van der Waals surface area contributed by atoms with Gasteiger partial charge in [0.25, 0.3) is 0 Å². The fourth-order valence-electron chi connectivity index (χ4n) is 5.02. The van der Waals surface area contributed by atoms with Gasteiger partial charge in [-0.05, 0) is 32.1 Å². The van der Waals surface area contributed by atoms with Crippen molar-refractivity contribution in [3.63, 3.8) is 0 Å². The first-order valence-electron chi connectivity index (χ1n) is 19.3.